The molecule has 0 aliphatic carbocycles. The van der Waals surface area contributed by atoms with Gasteiger partial charge in [0.05, 0.1) is 5.69 Å². The number of halogens is 1. The second-order valence-electron chi connectivity index (χ2n) is 6.40. The number of benzene rings is 4. The molecule has 0 saturated heterocycles. The first kappa shape index (κ1) is 18.2. The first-order valence-corrected chi connectivity index (χ1v) is 9.81. The molecule has 4 aromatic carbocycles. The SMILES string of the molecule is O=Cc1ccccc1N(c1ccc(Br)cc1)c1ccc(-c2ccccc2)cc1. The molecule has 0 saturated carbocycles. The van der Waals surface area contributed by atoms with Crippen molar-refractivity contribution in [1.29, 1.82) is 0 Å². The summed E-state index contributed by atoms with van der Waals surface area (Å²) in [7, 11) is 0. The lowest BCUT2D eigenvalue weighted by Crippen LogP contribution is -2.11. The number of hydrogen-bond donors (Lipinski definition) is 0. The van der Waals surface area contributed by atoms with Gasteiger partial charge in [0.1, 0.15) is 0 Å². The molecule has 0 unspecified atom stereocenters. The van der Waals surface area contributed by atoms with Crippen molar-refractivity contribution in [3.05, 3.63) is 113 Å². The monoisotopic (exact) mass is 427 g/mol. The van der Waals surface area contributed by atoms with Crippen molar-refractivity contribution in [3.63, 3.8) is 0 Å². The van der Waals surface area contributed by atoms with Crippen LogP contribution in [0, 0.1) is 0 Å². The van der Waals surface area contributed by atoms with Gasteiger partial charge in [-0.15, -0.1) is 0 Å². The molecule has 0 fully saturated rings. The van der Waals surface area contributed by atoms with Gasteiger partial charge in [0.25, 0.3) is 0 Å². The highest BCUT2D eigenvalue weighted by molar-refractivity contribution is 9.10. The van der Waals surface area contributed by atoms with Crippen LogP contribution in [0.2, 0.25) is 0 Å². The molecule has 3 heteroatoms. The molecule has 0 radical (unpaired) electrons. The Kier molecular flexibility index (Phi) is 5.36. The van der Waals surface area contributed by atoms with E-state index in [1.165, 1.54) is 5.56 Å². The molecule has 0 aliphatic rings. The van der Waals surface area contributed by atoms with Crippen LogP contribution < -0.4 is 4.90 Å². The van der Waals surface area contributed by atoms with Crippen molar-refractivity contribution in [2.45, 2.75) is 0 Å². The second-order valence-corrected chi connectivity index (χ2v) is 7.32. The highest BCUT2D eigenvalue weighted by Crippen LogP contribution is 2.37. The molecule has 0 N–H and O–H groups in total. The molecule has 0 aromatic heterocycles. The Hall–Kier alpha value is -3.17. The number of carbonyl (C=O) groups is 1. The third-order valence-electron chi connectivity index (χ3n) is 4.62. The highest BCUT2D eigenvalue weighted by Gasteiger charge is 2.15. The summed E-state index contributed by atoms with van der Waals surface area (Å²) in [4.78, 5) is 13.8. The predicted molar refractivity (Wildman–Crippen MR) is 120 cm³/mol. The summed E-state index contributed by atoms with van der Waals surface area (Å²) in [5.41, 5.74) is 5.83. The fourth-order valence-corrected chi connectivity index (χ4v) is 3.51. The Morgan fingerprint density at radius 1 is 0.607 bits per heavy atom. The topological polar surface area (TPSA) is 20.3 Å². The van der Waals surface area contributed by atoms with E-state index in [4.69, 9.17) is 0 Å². The minimum Gasteiger partial charge on any atom is -0.310 e. The molecular formula is C25H18BrNO. The van der Waals surface area contributed by atoms with E-state index in [2.05, 4.69) is 57.2 Å². The van der Waals surface area contributed by atoms with Crippen LogP contribution >= 0.6 is 15.9 Å². The number of aldehydes is 1. The Morgan fingerprint density at radius 2 is 1.14 bits per heavy atom. The van der Waals surface area contributed by atoms with Crippen molar-refractivity contribution >= 4 is 39.3 Å². The number of para-hydroxylation sites is 1. The summed E-state index contributed by atoms with van der Waals surface area (Å²) in [5.74, 6) is 0. The first-order valence-electron chi connectivity index (χ1n) is 9.01. The number of nitrogens with zero attached hydrogens (tertiary/aromatic N) is 1. The molecule has 28 heavy (non-hydrogen) atoms. The van der Waals surface area contributed by atoms with Gasteiger partial charge in [-0.25, -0.2) is 0 Å². The lowest BCUT2D eigenvalue weighted by molar-refractivity contribution is 0.112. The quantitative estimate of drug-likeness (QED) is 0.309. The van der Waals surface area contributed by atoms with Crippen LogP contribution in [0.25, 0.3) is 11.1 Å². The van der Waals surface area contributed by atoms with E-state index >= 15 is 0 Å². The van der Waals surface area contributed by atoms with Crippen molar-refractivity contribution in [2.24, 2.45) is 0 Å². The largest absolute Gasteiger partial charge is 0.310 e. The zero-order valence-electron chi connectivity index (χ0n) is 15.1. The van der Waals surface area contributed by atoms with Crippen LogP contribution in [0.1, 0.15) is 10.4 Å². The van der Waals surface area contributed by atoms with Gasteiger partial charge >= 0.3 is 0 Å². The number of rotatable bonds is 5. The standard InChI is InChI=1S/C25H18BrNO/c26-22-12-16-24(17-13-22)27(25-9-5-4-8-21(25)18-28)23-14-10-20(11-15-23)19-6-2-1-3-7-19/h1-18H. The fourth-order valence-electron chi connectivity index (χ4n) is 3.24. The molecule has 0 heterocycles. The lowest BCUT2D eigenvalue weighted by atomic mass is 10.0. The van der Waals surface area contributed by atoms with E-state index in [0.717, 1.165) is 33.4 Å². The first-order chi connectivity index (χ1) is 13.8. The molecule has 136 valence electrons. The van der Waals surface area contributed by atoms with Crippen molar-refractivity contribution in [3.8, 4) is 11.1 Å². The van der Waals surface area contributed by atoms with Gasteiger partial charge < -0.3 is 4.90 Å². The van der Waals surface area contributed by atoms with Crippen molar-refractivity contribution in [1.82, 2.24) is 0 Å². The maximum Gasteiger partial charge on any atom is 0.152 e. The van der Waals surface area contributed by atoms with Crippen molar-refractivity contribution < 1.29 is 4.79 Å². The van der Waals surface area contributed by atoms with Crippen LogP contribution in [0.15, 0.2) is 108 Å². The van der Waals surface area contributed by atoms with E-state index in [0.29, 0.717) is 5.56 Å². The van der Waals surface area contributed by atoms with E-state index < -0.39 is 0 Å². The van der Waals surface area contributed by atoms with Gasteiger partial charge in [-0.2, -0.15) is 0 Å². The molecule has 0 atom stereocenters. The van der Waals surface area contributed by atoms with Gasteiger partial charge in [0.15, 0.2) is 6.29 Å². The lowest BCUT2D eigenvalue weighted by Gasteiger charge is -2.26. The maximum atomic E-state index is 11.7. The molecular weight excluding hydrogens is 410 g/mol. The molecule has 0 amide bonds. The minimum atomic E-state index is 0.651. The Bertz CT molecular complexity index is 1070. The third kappa shape index (κ3) is 3.75. The number of carbonyl (C=O) groups excluding carboxylic acids is 1. The molecule has 0 aliphatic heterocycles. The van der Waals surface area contributed by atoms with Crippen LogP contribution in [-0.2, 0) is 0 Å². The molecule has 2 nitrogen and oxygen atoms in total. The minimum absolute atomic E-state index is 0.651. The summed E-state index contributed by atoms with van der Waals surface area (Å²) in [6.07, 6.45) is 0.902. The predicted octanol–water partition coefficient (Wildman–Crippen LogP) is 7.40. The number of anilines is 3. The van der Waals surface area contributed by atoms with Gasteiger partial charge in [0.2, 0.25) is 0 Å². The molecule has 0 spiro atoms. The van der Waals surface area contributed by atoms with Crippen LogP contribution in [0.5, 0.6) is 0 Å². The Balaban J connectivity index is 1.81. The van der Waals surface area contributed by atoms with Gasteiger partial charge in [-0.05, 0) is 59.7 Å². The summed E-state index contributed by atoms with van der Waals surface area (Å²) in [6, 6.07) is 34.4. The molecule has 0 bridgehead atoms. The molecule has 4 rings (SSSR count). The fraction of sp³-hybridized carbons (Fsp3) is 0. The Labute approximate surface area is 173 Å². The van der Waals surface area contributed by atoms with E-state index in [1.54, 1.807) is 0 Å². The average Bonchev–Trinajstić information content (AvgIpc) is 2.77. The Morgan fingerprint density at radius 3 is 1.79 bits per heavy atom. The van der Waals surface area contributed by atoms with Crippen molar-refractivity contribution in [2.75, 3.05) is 4.90 Å². The van der Waals surface area contributed by atoms with E-state index in [-0.39, 0.29) is 0 Å². The summed E-state index contributed by atoms with van der Waals surface area (Å²) < 4.78 is 1.01. The van der Waals surface area contributed by atoms with E-state index in [1.807, 2.05) is 66.7 Å². The second kappa shape index (κ2) is 8.24. The van der Waals surface area contributed by atoms with Crippen LogP contribution in [-0.4, -0.2) is 6.29 Å². The van der Waals surface area contributed by atoms with E-state index in [9.17, 15) is 4.79 Å². The molecule has 4 aromatic rings. The summed E-state index contributed by atoms with van der Waals surface area (Å²) >= 11 is 3.50. The van der Waals surface area contributed by atoms with Gasteiger partial charge in [-0.1, -0.05) is 70.5 Å². The normalized spacial score (nSPS) is 10.5. The maximum absolute atomic E-state index is 11.7. The smallest absolute Gasteiger partial charge is 0.152 e. The highest BCUT2D eigenvalue weighted by atomic mass is 79.9. The van der Waals surface area contributed by atoms with Crippen LogP contribution in [0.4, 0.5) is 17.1 Å². The zero-order valence-corrected chi connectivity index (χ0v) is 16.7. The summed E-state index contributed by atoms with van der Waals surface area (Å²) in [6.45, 7) is 0. The van der Waals surface area contributed by atoms with Gasteiger partial charge in [-0.3, -0.25) is 4.79 Å². The zero-order chi connectivity index (χ0) is 19.3. The third-order valence-corrected chi connectivity index (χ3v) is 5.15. The van der Waals surface area contributed by atoms with Gasteiger partial charge in [0, 0.05) is 21.4 Å². The summed E-state index contributed by atoms with van der Waals surface area (Å²) in [5, 5.41) is 0. The average molecular weight is 428 g/mol. The number of hydrogen-bond acceptors (Lipinski definition) is 2. The van der Waals surface area contributed by atoms with Crippen LogP contribution in [0.3, 0.4) is 0 Å².